The number of halogens is 1. The van der Waals surface area contributed by atoms with Crippen LogP contribution in [0.1, 0.15) is 46.6 Å². The molecule has 0 aliphatic carbocycles. The molecule has 2 aromatic heterocycles. The number of rotatable bonds is 6. The third kappa shape index (κ3) is 3.31. The standard InChI is InChI=1S/C15H23ClN4S/c1-5-11-15(16)13(20(6-2)19-11)8-12(18-17)14-7-9(3)10(4)21-14/h7,12,18H,5-6,8,17H2,1-4H3. The first-order chi connectivity index (χ1) is 10.0. The molecule has 2 rings (SSSR count). The number of hydrogen-bond acceptors (Lipinski definition) is 4. The molecule has 0 aromatic carbocycles. The lowest BCUT2D eigenvalue weighted by molar-refractivity contribution is 0.522. The molecule has 1 atom stereocenters. The minimum atomic E-state index is 0.0617. The van der Waals surface area contributed by atoms with Crippen LogP contribution in [0.5, 0.6) is 0 Å². The molecule has 21 heavy (non-hydrogen) atoms. The van der Waals surface area contributed by atoms with Gasteiger partial charge < -0.3 is 0 Å². The Balaban J connectivity index is 2.32. The van der Waals surface area contributed by atoms with Gasteiger partial charge in [-0.2, -0.15) is 5.10 Å². The van der Waals surface area contributed by atoms with E-state index < -0.39 is 0 Å². The number of aryl methyl sites for hydroxylation is 4. The molecule has 6 heteroatoms. The summed E-state index contributed by atoms with van der Waals surface area (Å²) in [6.07, 6.45) is 1.59. The molecule has 0 aliphatic heterocycles. The van der Waals surface area contributed by atoms with Gasteiger partial charge in [0.1, 0.15) is 0 Å². The zero-order valence-electron chi connectivity index (χ0n) is 13.0. The Bertz CT molecular complexity index is 598. The average Bonchev–Trinajstić information content (AvgIpc) is 2.96. The topological polar surface area (TPSA) is 55.9 Å². The van der Waals surface area contributed by atoms with Gasteiger partial charge in [0, 0.05) is 22.7 Å². The molecule has 0 bridgehead atoms. The van der Waals surface area contributed by atoms with E-state index in [0.717, 1.165) is 35.8 Å². The van der Waals surface area contributed by atoms with Gasteiger partial charge in [-0.3, -0.25) is 16.0 Å². The Morgan fingerprint density at radius 3 is 2.62 bits per heavy atom. The Morgan fingerprint density at radius 1 is 1.43 bits per heavy atom. The fourth-order valence-electron chi connectivity index (χ4n) is 2.42. The first-order valence-electron chi connectivity index (χ1n) is 7.28. The van der Waals surface area contributed by atoms with Gasteiger partial charge in [0.25, 0.3) is 0 Å². The first-order valence-corrected chi connectivity index (χ1v) is 8.48. The Morgan fingerprint density at radius 2 is 2.14 bits per heavy atom. The van der Waals surface area contributed by atoms with E-state index in [4.69, 9.17) is 17.4 Å². The van der Waals surface area contributed by atoms with E-state index in [9.17, 15) is 0 Å². The summed E-state index contributed by atoms with van der Waals surface area (Å²) in [4.78, 5) is 2.57. The maximum absolute atomic E-state index is 6.48. The lowest BCUT2D eigenvalue weighted by Crippen LogP contribution is -2.29. The predicted octanol–water partition coefficient (Wildman–Crippen LogP) is 3.54. The van der Waals surface area contributed by atoms with E-state index in [0.29, 0.717) is 0 Å². The van der Waals surface area contributed by atoms with Gasteiger partial charge in [0.05, 0.1) is 22.5 Å². The highest BCUT2D eigenvalue weighted by atomic mass is 35.5. The molecule has 2 aromatic rings. The van der Waals surface area contributed by atoms with Crippen molar-refractivity contribution in [3.8, 4) is 0 Å². The van der Waals surface area contributed by atoms with E-state index in [-0.39, 0.29) is 6.04 Å². The molecule has 116 valence electrons. The molecular weight excluding hydrogens is 304 g/mol. The van der Waals surface area contributed by atoms with E-state index in [2.05, 4.69) is 44.3 Å². The lowest BCUT2D eigenvalue weighted by atomic mass is 10.1. The number of thiophene rings is 1. The van der Waals surface area contributed by atoms with Gasteiger partial charge in [0.15, 0.2) is 0 Å². The number of nitrogens with one attached hydrogen (secondary N) is 1. The van der Waals surface area contributed by atoms with Crippen molar-refractivity contribution in [3.63, 3.8) is 0 Å². The van der Waals surface area contributed by atoms with Crippen LogP contribution in [-0.2, 0) is 19.4 Å². The normalized spacial score (nSPS) is 12.9. The third-order valence-corrected chi connectivity index (χ3v) is 5.52. The Hall–Kier alpha value is -0.880. The van der Waals surface area contributed by atoms with E-state index >= 15 is 0 Å². The number of hydrogen-bond donors (Lipinski definition) is 2. The van der Waals surface area contributed by atoms with E-state index in [1.807, 2.05) is 4.68 Å². The fourth-order valence-corrected chi connectivity index (χ4v) is 3.87. The molecule has 0 aliphatic rings. The Kier molecular flexibility index (Phi) is 5.43. The number of nitrogens with two attached hydrogens (primary N) is 1. The van der Waals surface area contributed by atoms with Gasteiger partial charge in [-0.1, -0.05) is 18.5 Å². The Labute approximate surface area is 135 Å². The van der Waals surface area contributed by atoms with Crippen LogP contribution in [-0.4, -0.2) is 9.78 Å². The van der Waals surface area contributed by atoms with E-state index in [1.165, 1.54) is 15.3 Å². The van der Waals surface area contributed by atoms with Gasteiger partial charge in [-0.25, -0.2) is 0 Å². The molecular formula is C15H23ClN4S. The quantitative estimate of drug-likeness (QED) is 0.630. The summed E-state index contributed by atoms with van der Waals surface area (Å²) in [6, 6.07) is 2.26. The van der Waals surface area contributed by atoms with Crippen molar-refractivity contribution in [3.05, 3.63) is 37.8 Å². The predicted molar refractivity (Wildman–Crippen MR) is 89.9 cm³/mol. The maximum Gasteiger partial charge on any atom is 0.0850 e. The smallest absolute Gasteiger partial charge is 0.0850 e. The minimum Gasteiger partial charge on any atom is -0.271 e. The molecule has 0 fully saturated rings. The van der Waals surface area contributed by atoms with Gasteiger partial charge in [0.2, 0.25) is 0 Å². The monoisotopic (exact) mass is 326 g/mol. The molecule has 0 amide bonds. The zero-order chi connectivity index (χ0) is 15.6. The van der Waals surface area contributed by atoms with Crippen molar-refractivity contribution >= 4 is 22.9 Å². The van der Waals surface area contributed by atoms with Crippen molar-refractivity contribution in [1.29, 1.82) is 0 Å². The first kappa shape index (κ1) is 16.5. The average molecular weight is 327 g/mol. The molecule has 0 saturated heterocycles. The molecule has 3 N–H and O–H groups in total. The molecule has 2 heterocycles. The molecule has 0 saturated carbocycles. The van der Waals surface area contributed by atoms with Crippen molar-refractivity contribution < 1.29 is 0 Å². The third-order valence-electron chi connectivity index (χ3n) is 3.82. The summed E-state index contributed by atoms with van der Waals surface area (Å²) in [7, 11) is 0. The number of nitrogens with zero attached hydrogens (tertiary/aromatic N) is 2. The largest absolute Gasteiger partial charge is 0.271 e. The van der Waals surface area contributed by atoms with Crippen LogP contribution in [0.2, 0.25) is 5.02 Å². The van der Waals surface area contributed by atoms with Crippen LogP contribution in [0.15, 0.2) is 6.07 Å². The SMILES string of the molecule is CCc1nn(CC)c(CC(NN)c2cc(C)c(C)s2)c1Cl. The van der Waals surface area contributed by atoms with Crippen LogP contribution >= 0.6 is 22.9 Å². The second-order valence-corrected chi connectivity index (χ2v) is 6.85. The van der Waals surface area contributed by atoms with Crippen LogP contribution in [0.25, 0.3) is 0 Å². The second-order valence-electron chi connectivity index (χ2n) is 5.19. The summed E-state index contributed by atoms with van der Waals surface area (Å²) >= 11 is 8.27. The van der Waals surface area contributed by atoms with Crippen molar-refractivity contribution in [2.45, 2.75) is 53.1 Å². The highest BCUT2D eigenvalue weighted by molar-refractivity contribution is 7.12. The summed E-state index contributed by atoms with van der Waals surface area (Å²) in [5.41, 5.74) is 6.25. The highest BCUT2D eigenvalue weighted by Crippen LogP contribution is 2.31. The summed E-state index contributed by atoms with van der Waals surface area (Å²) in [5.74, 6) is 5.78. The van der Waals surface area contributed by atoms with Crippen LogP contribution in [0.4, 0.5) is 0 Å². The fraction of sp³-hybridized carbons (Fsp3) is 0.533. The summed E-state index contributed by atoms with van der Waals surface area (Å²) in [6.45, 7) is 9.23. The van der Waals surface area contributed by atoms with Gasteiger partial charge >= 0.3 is 0 Å². The minimum absolute atomic E-state index is 0.0617. The van der Waals surface area contributed by atoms with E-state index in [1.54, 1.807) is 11.3 Å². The lowest BCUT2D eigenvalue weighted by Gasteiger charge is -2.15. The maximum atomic E-state index is 6.48. The van der Waals surface area contributed by atoms with Crippen molar-refractivity contribution in [2.24, 2.45) is 5.84 Å². The number of hydrazine groups is 1. The molecule has 4 nitrogen and oxygen atoms in total. The van der Waals surface area contributed by atoms with Gasteiger partial charge in [-0.15, -0.1) is 11.3 Å². The zero-order valence-corrected chi connectivity index (χ0v) is 14.6. The van der Waals surface area contributed by atoms with Crippen molar-refractivity contribution in [1.82, 2.24) is 15.2 Å². The summed E-state index contributed by atoms with van der Waals surface area (Å²) < 4.78 is 1.98. The van der Waals surface area contributed by atoms with Crippen LogP contribution in [0, 0.1) is 13.8 Å². The van der Waals surface area contributed by atoms with Crippen LogP contribution < -0.4 is 11.3 Å². The molecule has 0 radical (unpaired) electrons. The molecule has 0 spiro atoms. The molecule has 1 unspecified atom stereocenters. The van der Waals surface area contributed by atoms with Crippen LogP contribution in [0.3, 0.4) is 0 Å². The number of aromatic nitrogens is 2. The highest BCUT2D eigenvalue weighted by Gasteiger charge is 2.21. The van der Waals surface area contributed by atoms with Crippen molar-refractivity contribution in [2.75, 3.05) is 0 Å². The summed E-state index contributed by atoms with van der Waals surface area (Å²) in [5, 5.41) is 5.35. The van der Waals surface area contributed by atoms with Gasteiger partial charge in [-0.05, 0) is 38.8 Å². The second kappa shape index (κ2) is 6.92.